The molecule has 22 heavy (non-hydrogen) atoms. The molecule has 2 aromatic rings. The van der Waals surface area contributed by atoms with Gasteiger partial charge in [-0.25, -0.2) is 0 Å². The second-order valence-corrected chi connectivity index (χ2v) is 5.96. The van der Waals surface area contributed by atoms with Gasteiger partial charge in [0.15, 0.2) is 0 Å². The first-order valence-electron chi connectivity index (χ1n) is 8.02. The van der Waals surface area contributed by atoms with E-state index < -0.39 is 0 Å². The van der Waals surface area contributed by atoms with Gasteiger partial charge in [-0.1, -0.05) is 42.4 Å². The van der Waals surface area contributed by atoms with Gasteiger partial charge in [0.25, 0.3) is 0 Å². The number of rotatable bonds is 5. The molecule has 0 saturated carbocycles. The molecule has 0 amide bonds. The Morgan fingerprint density at radius 3 is 2.82 bits per heavy atom. The Morgan fingerprint density at radius 2 is 2.18 bits per heavy atom. The van der Waals surface area contributed by atoms with Crippen molar-refractivity contribution in [1.82, 2.24) is 10.1 Å². The van der Waals surface area contributed by atoms with E-state index in [0.29, 0.717) is 17.5 Å². The number of nitrogens with zero attached hydrogens (tertiary/aromatic N) is 2. The van der Waals surface area contributed by atoms with Crippen LogP contribution < -0.4 is 0 Å². The van der Waals surface area contributed by atoms with E-state index in [4.69, 9.17) is 4.52 Å². The Labute approximate surface area is 131 Å². The van der Waals surface area contributed by atoms with Crippen LogP contribution in [0.3, 0.4) is 0 Å². The summed E-state index contributed by atoms with van der Waals surface area (Å²) in [4.78, 5) is 15.1. The van der Waals surface area contributed by atoms with E-state index in [1.54, 1.807) is 6.07 Å². The van der Waals surface area contributed by atoms with Crippen LogP contribution in [0.25, 0.3) is 11.3 Å². The third-order valence-electron chi connectivity index (χ3n) is 4.52. The number of hydrogen-bond donors (Lipinski definition) is 0. The van der Waals surface area contributed by atoms with E-state index in [2.05, 4.69) is 23.9 Å². The van der Waals surface area contributed by atoms with Crippen molar-refractivity contribution in [3.8, 4) is 11.3 Å². The molecule has 0 radical (unpaired) electrons. The minimum absolute atomic E-state index is 0.0472. The lowest BCUT2D eigenvalue weighted by Crippen LogP contribution is -2.42. The Hall–Kier alpha value is -1.94. The van der Waals surface area contributed by atoms with Crippen LogP contribution in [-0.4, -0.2) is 34.5 Å². The van der Waals surface area contributed by atoms with Crippen molar-refractivity contribution < 1.29 is 9.32 Å². The van der Waals surface area contributed by atoms with Gasteiger partial charge in [0.05, 0.1) is 6.04 Å². The molecular weight excluding hydrogens is 276 g/mol. The minimum Gasteiger partial charge on any atom is -0.352 e. The zero-order valence-electron chi connectivity index (χ0n) is 13.2. The van der Waals surface area contributed by atoms with Crippen LogP contribution in [0, 0.1) is 0 Å². The van der Waals surface area contributed by atoms with Crippen molar-refractivity contribution in [3.63, 3.8) is 0 Å². The summed E-state index contributed by atoms with van der Waals surface area (Å²) in [6, 6.07) is 11.9. The van der Waals surface area contributed by atoms with Crippen LogP contribution in [0.1, 0.15) is 43.7 Å². The lowest BCUT2D eigenvalue weighted by atomic mass is 10.0. The number of likely N-dealkylation sites (tertiary alicyclic amines) is 1. The van der Waals surface area contributed by atoms with E-state index >= 15 is 0 Å². The fraction of sp³-hybridized carbons (Fsp3) is 0.444. The molecule has 3 rings (SSSR count). The van der Waals surface area contributed by atoms with Crippen molar-refractivity contribution in [2.75, 3.05) is 6.54 Å². The highest BCUT2D eigenvalue weighted by Gasteiger charge is 2.33. The highest BCUT2D eigenvalue weighted by atomic mass is 16.5. The first-order chi connectivity index (χ1) is 10.7. The molecule has 1 fully saturated rings. The quantitative estimate of drug-likeness (QED) is 0.788. The fourth-order valence-corrected chi connectivity index (χ4v) is 3.29. The van der Waals surface area contributed by atoms with Crippen molar-refractivity contribution in [1.29, 1.82) is 0 Å². The number of benzene rings is 1. The summed E-state index contributed by atoms with van der Waals surface area (Å²) in [7, 11) is 0. The Bertz CT molecular complexity index is 636. The highest BCUT2D eigenvalue weighted by Crippen LogP contribution is 2.25. The highest BCUT2D eigenvalue weighted by molar-refractivity contribution is 5.98. The van der Waals surface area contributed by atoms with Crippen molar-refractivity contribution >= 4 is 5.78 Å². The predicted octanol–water partition coefficient (Wildman–Crippen LogP) is 3.79. The lowest BCUT2D eigenvalue weighted by molar-refractivity contribution is 0.0763. The summed E-state index contributed by atoms with van der Waals surface area (Å²) in [5, 5.41) is 4.06. The van der Waals surface area contributed by atoms with E-state index in [1.807, 2.05) is 30.3 Å². The molecule has 4 heteroatoms. The molecule has 0 aliphatic carbocycles. The van der Waals surface area contributed by atoms with E-state index in [-0.39, 0.29) is 11.8 Å². The molecule has 1 aliphatic heterocycles. The van der Waals surface area contributed by atoms with Gasteiger partial charge in [-0.15, -0.1) is 0 Å². The van der Waals surface area contributed by atoms with Gasteiger partial charge < -0.3 is 4.52 Å². The fourth-order valence-electron chi connectivity index (χ4n) is 3.29. The summed E-state index contributed by atoms with van der Waals surface area (Å²) < 4.78 is 5.33. The number of ketones is 1. The Balaban J connectivity index is 1.81. The van der Waals surface area contributed by atoms with Crippen molar-refractivity contribution in [2.24, 2.45) is 0 Å². The predicted molar refractivity (Wildman–Crippen MR) is 85.8 cm³/mol. The van der Waals surface area contributed by atoms with Crippen molar-refractivity contribution in [2.45, 2.75) is 45.2 Å². The minimum atomic E-state index is -0.103. The maximum Gasteiger partial charge on any atom is 0.217 e. The van der Waals surface area contributed by atoms with Crippen molar-refractivity contribution in [3.05, 3.63) is 42.2 Å². The molecular formula is C18H22N2O2. The van der Waals surface area contributed by atoms with Crippen LogP contribution in [0.4, 0.5) is 0 Å². The SMILES string of the molecule is CCC(C(=O)c1cc(-c2ccccc2)no1)N1CCCC1C. The summed E-state index contributed by atoms with van der Waals surface area (Å²) >= 11 is 0. The molecule has 2 heterocycles. The molecule has 2 atom stereocenters. The van der Waals surface area contributed by atoms with E-state index in [0.717, 1.165) is 31.4 Å². The van der Waals surface area contributed by atoms with Crippen LogP contribution in [0.2, 0.25) is 0 Å². The van der Waals surface area contributed by atoms with E-state index in [9.17, 15) is 4.79 Å². The topological polar surface area (TPSA) is 46.3 Å². The normalized spacial score (nSPS) is 20.2. The first kappa shape index (κ1) is 15.0. The molecule has 1 aromatic carbocycles. The standard InChI is InChI=1S/C18H22N2O2/c1-3-16(20-11-7-8-13(20)2)18(21)17-12-15(19-22-17)14-9-5-4-6-10-14/h4-6,9-10,12-13,16H,3,7-8,11H2,1-2H3. The molecule has 1 aliphatic rings. The summed E-state index contributed by atoms with van der Waals surface area (Å²) in [6.45, 7) is 5.24. The maximum atomic E-state index is 12.8. The lowest BCUT2D eigenvalue weighted by Gasteiger charge is -2.28. The van der Waals surface area contributed by atoms with Crippen LogP contribution in [0.5, 0.6) is 0 Å². The molecule has 4 nitrogen and oxygen atoms in total. The molecule has 116 valence electrons. The summed E-state index contributed by atoms with van der Waals surface area (Å²) in [5.41, 5.74) is 1.68. The van der Waals surface area contributed by atoms with Gasteiger partial charge in [0.1, 0.15) is 5.69 Å². The number of Topliss-reactive ketones (excluding diaryl/α,β-unsaturated/α-hetero) is 1. The van der Waals surface area contributed by atoms with Gasteiger partial charge in [-0.2, -0.15) is 0 Å². The summed E-state index contributed by atoms with van der Waals surface area (Å²) in [6.07, 6.45) is 3.12. The van der Waals surface area contributed by atoms with Gasteiger partial charge >= 0.3 is 0 Å². The average molecular weight is 298 g/mol. The number of aromatic nitrogens is 1. The second-order valence-electron chi connectivity index (χ2n) is 5.96. The van der Waals surface area contributed by atoms with Crippen LogP contribution in [0.15, 0.2) is 40.9 Å². The third kappa shape index (κ3) is 2.83. The summed E-state index contributed by atoms with van der Waals surface area (Å²) in [5.74, 6) is 0.413. The Kier molecular flexibility index (Phi) is 4.39. The van der Waals surface area contributed by atoms with Gasteiger partial charge in [0, 0.05) is 17.7 Å². The molecule has 1 aromatic heterocycles. The van der Waals surface area contributed by atoms with Gasteiger partial charge in [0.2, 0.25) is 11.5 Å². The van der Waals surface area contributed by atoms with Gasteiger partial charge in [-0.05, 0) is 32.7 Å². The first-order valence-corrected chi connectivity index (χ1v) is 8.02. The molecule has 0 spiro atoms. The molecule has 0 N–H and O–H groups in total. The zero-order valence-corrected chi connectivity index (χ0v) is 13.2. The zero-order chi connectivity index (χ0) is 15.5. The maximum absolute atomic E-state index is 12.8. The smallest absolute Gasteiger partial charge is 0.217 e. The third-order valence-corrected chi connectivity index (χ3v) is 4.52. The number of carbonyl (C=O) groups is 1. The van der Waals surface area contributed by atoms with E-state index in [1.165, 1.54) is 0 Å². The molecule has 1 saturated heterocycles. The second kappa shape index (κ2) is 6.44. The Morgan fingerprint density at radius 1 is 1.41 bits per heavy atom. The number of hydrogen-bond acceptors (Lipinski definition) is 4. The van der Waals surface area contributed by atoms with Crippen LogP contribution >= 0.6 is 0 Å². The largest absolute Gasteiger partial charge is 0.352 e. The monoisotopic (exact) mass is 298 g/mol. The number of carbonyl (C=O) groups excluding carboxylic acids is 1. The average Bonchev–Trinajstić information content (AvgIpc) is 3.19. The molecule has 2 unspecified atom stereocenters. The van der Waals surface area contributed by atoms with Crippen LogP contribution in [-0.2, 0) is 0 Å². The van der Waals surface area contributed by atoms with Gasteiger partial charge in [-0.3, -0.25) is 9.69 Å². The molecule has 0 bridgehead atoms.